The maximum Gasteiger partial charge on any atom is 0.317 e. The number of fused-ring (bicyclic) bond motifs is 1. The summed E-state index contributed by atoms with van der Waals surface area (Å²) in [6.07, 6.45) is -0.857. The summed E-state index contributed by atoms with van der Waals surface area (Å²) in [4.78, 5) is 40.7. The third kappa shape index (κ3) is 3.69. The van der Waals surface area contributed by atoms with Gasteiger partial charge in [-0.15, -0.1) is 0 Å². The number of esters is 1. The fourth-order valence-electron chi connectivity index (χ4n) is 5.13. The van der Waals surface area contributed by atoms with E-state index in [9.17, 15) is 9.59 Å². The number of hydrogen-bond acceptors (Lipinski definition) is 5. The van der Waals surface area contributed by atoms with Gasteiger partial charge in [-0.3, -0.25) is 9.59 Å². The van der Waals surface area contributed by atoms with Crippen molar-refractivity contribution in [3.8, 4) is 0 Å². The summed E-state index contributed by atoms with van der Waals surface area (Å²) in [6, 6.07) is 29.1. The summed E-state index contributed by atoms with van der Waals surface area (Å²) in [5, 5.41) is 0. The van der Waals surface area contributed by atoms with Crippen LogP contribution in [0.2, 0.25) is 0 Å². The zero-order valence-corrected chi connectivity index (χ0v) is 19.1. The van der Waals surface area contributed by atoms with E-state index in [2.05, 4.69) is 0 Å². The highest BCUT2D eigenvalue weighted by Crippen LogP contribution is 2.53. The lowest BCUT2D eigenvalue weighted by molar-refractivity contribution is -0.413. The van der Waals surface area contributed by atoms with Gasteiger partial charge >= 0.3 is 5.97 Å². The van der Waals surface area contributed by atoms with E-state index in [1.807, 2.05) is 91.0 Å². The minimum Gasteiger partial charge on any atom is -0.465 e. The van der Waals surface area contributed by atoms with E-state index < -0.39 is 23.1 Å². The van der Waals surface area contributed by atoms with Crippen molar-refractivity contribution in [2.45, 2.75) is 31.6 Å². The van der Waals surface area contributed by atoms with Gasteiger partial charge in [-0.25, -0.2) is 9.78 Å². The molecule has 1 amide bonds. The standard InChI is InChI=1S/C28H27NO5/c1-2-32-26(31)27-19-28(22-14-8-4-9-15-22,23-16-10-5-11-17-23)34-33-24(27)25(30)29(20-27)18-21-12-6-3-7-13-21/h3-17,24H,2,18-20H2,1H3. The van der Waals surface area contributed by atoms with Crippen LogP contribution in [0.3, 0.4) is 0 Å². The number of ether oxygens (including phenoxy) is 1. The number of carbonyl (C=O) groups excluding carboxylic acids is 2. The van der Waals surface area contributed by atoms with Crippen LogP contribution in [0, 0.1) is 5.41 Å². The smallest absolute Gasteiger partial charge is 0.317 e. The molecule has 34 heavy (non-hydrogen) atoms. The molecule has 0 radical (unpaired) electrons. The maximum absolute atomic E-state index is 13.6. The van der Waals surface area contributed by atoms with Gasteiger partial charge in [0.1, 0.15) is 5.41 Å². The van der Waals surface area contributed by atoms with Crippen LogP contribution in [0.4, 0.5) is 0 Å². The quantitative estimate of drug-likeness (QED) is 0.409. The van der Waals surface area contributed by atoms with Gasteiger partial charge in [0.05, 0.1) is 6.61 Å². The van der Waals surface area contributed by atoms with E-state index >= 15 is 0 Å². The molecule has 6 nitrogen and oxygen atoms in total. The van der Waals surface area contributed by atoms with E-state index in [-0.39, 0.29) is 25.5 Å². The molecule has 2 aliphatic rings. The summed E-state index contributed by atoms with van der Waals surface area (Å²) < 4.78 is 5.54. The zero-order valence-electron chi connectivity index (χ0n) is 19.1. The summed E-state index contributed by atoms with van der Waals surface area (Å²) in [6.45, 7) is 2.55. The molecule has 2 fully saturated rings. The molecule has 0 N–H and O–H groups in total. The lowest BCUT2D eigenvalue weighted by Crippen LogP contribution is -2.55. The van der Waals surface area contributed by atoms with Crippen molar-refractivity contribution in [3.63, 3.8) is 0 Å². The summed E-state index contributed by atoms with van der Waals surface area (Å²) in [5.74, 6) is -0.713. The third-order valence-corrected chi connectivity index (χ3v) is 6.74. The fraction of sp³-hybridized carbons (Fsp3) is 0.286. The molecule has 174 valence electrons. The Balaban J connectivity index is 1.59. The Morgan fingerprint density at radius 1 is 0.941 bits per heavy atom. The van der Waals surface area contributed by atoms with Gasteiger partial charge in [-0.2, -0.15) is 0 Å². The lowest BCUT2D eigenvalue weighted by Gasteiger charge is -2.45. The summed E-state index contributed by atoms with van der Waals surface area (Å²) in [5.41, 5.74) is 0.377. The largest absolute Gasteiger partial charge is 0.465 e. The topological polar surface area (TPSA) is 65.1 Å². The van der Waals surface area contributed by atoms with Gasteiger partial charge in [0.2, 0.25) is 0 Å². The minimum atomic E-state index is -1.22. The molecule has 2 aliphatic heterocycles. The van der Waals surface area contributed by atoms with Crippen molar-refractivity contribution in [2.75, 3.05) is 13.2 Å². The first-order valence-corrected chi connectivity index (χ1v) is 11.5. The number of nitrogens with zero attached hydrogens (tertiary/aromatic N) is 1. The third-order valence-electron chi connectivity index (χ3n) is 6.74. The van der Waals surface area contributed by atoms with Crippen molar-refractivity contribution >= 4 is 11.9 Å². The SMILES string of the molecule is CCOC(=O)C12CN(Cc3ccccc3)C(=O)C1OOC(c1ccccc1)(c1ccccc1)C2. The van der Waals surface area contributed by atoms with E-state index in [4.69, 9.17) is 14.5 Å². The second-order valence-corrected chi connectivity index (χ2v) is 8.85. The van der Waals surface area contributed by atoms with E-state index in [1.165, 1.54) is 0 Å². The van der Waals surface area contributed by atoms with Gasteiger partial charge < -0.3 is 9.64 Å². The highest BCUT2D eigenvalue weighted by atomic mass is 17.2. The van der Waals surface area contributed by atoms with Crippen LogP contribution in [-0.4, -0.2) is 36.0 Å². The molecular formula is C28H27NO5. The van der Waals surface area contributed by atoms with Crippen molar-refractivity contribution in [3.05, 3.63) is 108 Å². The molecule has 0 aromatic heterocycles. The molecule has 2 atom stereocenters. The van der Waals surface area contributed by atoms with Crippen LogP contribution in [0.5, 0.6) is 0 Å². The number of carbonyl (C=O) groups is 2. The summed E-state index contributed by atoms with van der Waals surface area (Å²) >= 11 is 0. The Kier molecular flexibility index (Phi) is 5.94. The molecule has 3 aromatic carbocycles. The fourth-order valence-corrected chi connectivity index (χ4v) is 5.13. The Bertz CT molecular complexity index is 1110. The van der Waals surface area contributed by atoms with Gasteiger partial charge in [-0.05, 0) is 23.6 Å². The summed E-state index contributed by atoms with van der Waals surface area (Å²) in [7, 11) is 0. The van der Waals surface area contributed by atoms with Gasteiger partial charge in [0, 0.05) is 19.5 Å². The Morgan fingerprint density at radius 3 is 2.06 bits per heavy atom. The van der Waals surface area contributed by atoms with E-state index in [1.54, 1.807) is 11.8 Å². The Labute approximate surface area is 199 Å². The van der Waals surface area contributed by atoms with Crippen LogP contribution in [0.1, 0.15) is 30.0 Å². The molecular weight excluding hydrogens is 430 g/mol. The Morgan fingerprint density at radius 2 is 1.50 bits per heavy atom. The number of amides is 1. The first-order chi connectivity index (χ1) is 16.6. The molecule has 5 rings (SSSR count). The van der Waals surface area contributed by atoms with E-state index in [0.717, 1.165) is 16.7 Å². The number of hydrogen-bond donors (Lipinski definition) is 0. The molecule has 3 aromatic rings. The first kappa shape index (κ1) is 22.3. The van der Waals surface area contributed by atoms with Crippen LogP contribution in [0.15, 0.2) is 91.0 Å². The predicted molar refractivity (Wildman–Crippen MR) is 125 cm³/mol. The van der Waals surface area contributed by atoms with Crippen LogP contribution in [0.25, 0.3) is 0 Å². The number of likely N-dealkylation sites (tertiary alicyclic amines) is 1. The van der Waals surface area contributed by atoms with Crippen molar-refractivity contribution in [1.82, 2.24) is 4.90 Å². The lowest BCUT2D eigenvalue weighted by atomic mass is 9.69. The molecule has 0 aliphatic carbocycles. The maximum atomic E-state index is 13.6. The van der Waals surface area contributed by atoms with Crippen molar-refractivity contribution in [1.29, 1.82) is 0 Å². The molecule has 0 saturated carbocycles. The minimum absolute atomic E-state index is 0.189. The zero-order chi connectivity index (χ0) is 23.6. The molecule has 2 saturated heterocycles. The Hall–Kier alpha value is -3.48. The van der Waals surface area contributed by atoms with Crippen molar-refractivity contribution < 1.29 is 24.1 Å². The average molecular weight is 458 g/mol. The van der Waals surface area contributed by atoms with Crippen LogP contribution in [-0.2, 0) is 36.2 Å². The average Bonchev–Trinajstić information content (AvgIpc) is 3.17. The van der Waals surface area contributed by atoms with Crippen LogP contribution >= 0.6 is 0 Å². The highest BCUT2D eigenvalue weighted by Gasteiger charge is 2.66. The van der Waals surface area contributed by atoms with Gasteiger partial charge in [0.25, 0.3) is 5.91 Å². The second-order valence-electron chi connectivity index (χ2n) is 8.85. The number of rotatable bonds is 6. The molecule has 0 spiro atoms. The monoisotopic (exact) mass is 457 g/mol. The van der Waals surface area contributed by atoms with Gasteiger partial charge in [-0.1, -0.05) is 91.0 Å². The molecule has 6 heteroatoms. The predicted octanol–water partition coefficient (Wildman–Crippen LogP) is 4.24. The molecule has 2 heterocycles. The normalized spacial score (nSPS) is 23.4. The number of benzene rings is 3. The first-order valence-electron chi connectivity index (χ1n) is 11.5. The van der Waals surface area contributed by atoms with Crippen molar-refractivity contribution in [2.24, 2.45) is 5.41 Å². The van der Waals surface area contributed by atoms with E-state index in [0.29, 0.717) is 6.54 Å². The highest BCUT2D eigenvalue weighted by molar-refractivity contribution is 5.94. The molecule has 2 unspecified atom stereocenters. The second kappa shape index (κ2) is 9.05. The van der Waals surface area contributed by atoms with Gasteiger partial charge in [0.15, 0.2) is 11.7 Å². The van der Waals surface area contributed by atoms with Crippen LogP contribution < -0.4 is 0 Å². The molecule has 0 bridgehead atoms.